The highest BCUT2D eigenvalue weighted by Gasteiger charge is 2.27. The fourth-order valence-corrected chi connectivity index (χ4v) is 4.31. The zero-order valence-corrected chi connectivity index (χ0v) is 18.8. The first kappa shape index (κ1) is 21.9. The Hall–Kier alpha value is -3.36. The molecular weight excluding hydrogens is 408 g/mol. The highest BCUT2D eigenvalue weighted by molar-refractivity contribution is 5.99. The second-order valence-electron chi connectivity index (χ2n) is 8.43. The molecule has 0 saturated carbocycles. The maximum atomic E-state index is 13.0. The Morgan fingerprint density at radius 3 is 2.31 bits per heavy atom. The first-order valence-corrected chi connectivity index (χ1v) is 10.6. The van der Waals surface area contributed by atoms with E-state index in [-0.39, 0.29) is 16.8 Å². The molecule has 2 aromatic carbocycles. The Morgan fingerprint density at radius 1 is 1.00 bits per heavy atom. The molecule has 0 aliphatic carbocycles. The van der Waals surface area contributed by atoms with Crippen LogP contribution in [0.15, 0.2) is 41.2 Å². The zero-order valence-electron chi connectivity index (χ0n) is 18.8. The minimum absolute atomic E-state index is 0.0368. The summed E-state index contributed by atoms with van der Waals surface area (Å²) in [7, 11) is 1.58. The third-order valence-electron chi connectivity index (χ3n) is 6.33. The number of piperazine rings is 1. The molecule has 1 aliphatic rings. The van der Waals surface area contributed by atoms with Gasteiger partial charge in [0.25, 0.3) is 11.5 Å². The molecule has 4 rings (SSSR count). The topological polar surface area (TPSA) is 92.1 Å². The second-order valence-corrected chi connectivity index (χ2v) is 8.43. The lowest BCUT2D eigenvalue weighted by Crippen LogP contribution is -2.49. The highest BCUT2D eigenvalue weighted by atomic mass is 16.8. The van der Waals surface area contributed by atoms with Gasteiger partial charge in [0.15, 0.2) is 0 Å². The van der Waals surface area contributed by atoms with E-state index in [4.69, 9.17) is 0 Å². The number of rotatable bonds is 3. The van der Waals surface area contributed by atoms with Crippen LogP contribution in [-0.4, -0.2) is 46.8 Å². The Labute approximate surface area is 186 Å². The third-order valence-corrected chi connectivity index (χ3v) is 6.33. The number of pyridine rings is 1. The molecule has 1 fully saturated rings. The lowest BCUT2D eigenvalue weighted by atomic mass is 10.0. The summed E-state index contributed by atoms with van der Waals surface area (Å²) in [6, 6.07) is 11.3. The minimum Gasteiger partial charge on any atom is -0.733 e. The fraction of sp³-hybridized carbons (Fsp3) is 0.333. The number of aryl methyl sites for hydroxylation is 4. The van der Waals surface area contributed by atoms with E-state index in [2.05, 4.69) is 0 Å². The van der Waals surface area contributed by atoms with Crippen molar-refractivity contribution in [1.82, 2.24) is 9.47 Å². The Balaban J connectivity index is 1.68. The van der Waals surface area contributed by atoms with Gasteiger partial charge in [0.2, 0.25) is 0 Å². The van der Waals surface area contributed by atoms with Crippen LogP contribution >= 0.6 is 0 Å². The largest absolute Gasteiger partial charge is 0.733 e. The number of nitrogens with zero attached hydrogens (tertiary/aromatic N) is 4. The van der Waals surface area contributed by atoms with Crippen LogP contribution in [0.3, 0.4) is 0 Å². The van der Waals surface area contributed by atoms with Gasteiger partial charge in [-0.15, -0.1) is 0 Å². The SMILES string of the molecule is Cc1ccc2c(c1)c(N1CCN(C(=O)c3ccc(C)c(C)c3)CC1)c(N([O-])O)c(=O)n2C. The van der Waals surface area contributed by atoms with E-state index < -0.39 is 5.56 Å². The summed E-state index contributed by atoms with van der Waals surface area (Å²) in [6.45, 7) is 7.69. The van der Waals surface area contributed by atoms with Gasteiger partial charge in [-0.2, -0.15) is 0 Å². The van der Waals surface area contributed by atoms with Crippen LogP contribution in [0.2, 0.25) is 0 Å². The quantitative estimate of drug-likeness (QED) is 0.636. The van der Waals surface area contributed by atoms with Crippen LogP contribution in [0.1, 0.15) is 27.0 Å². The molecule has 0 spiro atoms. The normalized spacial score (nSPS) is 14.2. The van der Waals surface area contributed by atoms with Crippen molar-refractivity contribution in [2.75, 3.05) is 36.3 Å². The van der Waals surface area contributed by atoms with Gasteiger partial charge in [0, 0.05) is 44.2 Å². The third kappa shape index (κ3) is 3.72. The van der Waals surface area contributed by atoms with E-state index >= 15 is 0 Å². The first-order valence-electron chi connectivity index (χ1n) is 10.6. The lowest BCUT2D eigenvalue weighted by Gasteiger charge is -2.39. The van der Waals surface area contributed by atoms with Crippen LogP contribution in [0, 0.1) is 26.0 Å². The maximum absolute atomic E-state index is 13.0. The molecule has 0 unspecified atom stereocenters. The average Bonchev–Trinajstić information content (AvgIpc) is 2.77. The van der Waals surface area contributed by atoms with Crippen LogP contribution in [0.25, 0.3) is 10.9 Å². The predicted octanol–water partition coefficient (Wildman–Crippen LogP) is 3.12. The number of carbonyl (C=O) groups excluding carboxylic acids is 1. The number of carbonyl (C=O) groups is 1. The number of aromatic nitrogens is 1. The predicted molar refractivity (Wildman–Crippen MR) is 126 cm³/mol. The summed E-state index contributed by atoms with van der Waals surface area (Å²) >= 11 is 0. The molecule has 1 aromatic heterocycles. The Morgan fingerprint density at radius 2 is 1.69 bits per heavy atom. The van der Waals surface area contributed by atoms with E-state index in [0.717, 1.165) is 16.7 Å². The number of hydrogen-bond acceptors (Lipinski definition) is 6. The molecule has 0 radical (unpaired) electrons. The van der Waals surface area contributed by atoms with Crippen LogP contribution in [-0.2, 0) is 7.05 Å². The van der Waals surface area contributed by atoms with Gasteiger partial charge < -0.3 is 24.8 Å². The lowest BCUT2D eigenvalue weighted by molar-refractivity contribution is 0.0746. The van der Waals surface area contributed by atoms with Crippen molar-refractivity contribution in [3.05, 3.63) is 74.2 Å². The molecule has 0 bridgehead atoms. The van der Waals surface area contributed by atoms with E-state index in [0.29, 0.717) is 48.3 Å². The van der Waals surface area contributed by atoms with Crippen molar-refractivity contribution in [2.24, 2.45) is 7.05 Å². The number of benzene rings is 2. The summed E-state index contributed by atoms with van der Waals surface area (Å²) in [5.41, 5.74) is 4.04. The summed E-state index contributed by atoms with van der Waals surface area (Å²) in [5, 5.41) is 22.1. The summed E-state index contributed by atoms with van der Waals surface area (Å²) < 4.78 is 1.37. The van der Waals surface area contributed by atoms with Crippen molar-refractivity contribution >= 4 is 28.2 Å². The van der Waals surface area contributed by atoms with Gasteiger partial charge in [-0.1, -0.05) is 17.7 Å². The number of anilines is 2. The van der Waals surface area contributed by atoms with Gasteiger partial charge >= 0.3 is 0 Å². The number of hydrogen-bond donors (Lipinski definition) is 1. The van der Waals surface area contributed by atoms with E-state index in [1.165, 1.54) is 4.57 Å². The average molecular weight is 436 g/mol. The van der Waals surface area contributed by atoms with E-state index in [1.807, 2.05) is 62.1 Å². The van der Waals surface area contributed by atoms with Crippen LogP contribution in [0.5, 0.6) is 0 Å². The highest BCUT2D eigenvalue weighted by Crippen LogP contribution is 2.34. The van der Waals surface area contributed by atoms with Gasteiger partial charge in [-0.25, -0.2) is 0 Å². The Bertz CT molecular complexity index is 1260. The molecule has 1 amide bonds. The number of fused-ring (bicyclic) bond motifs is 1. The van der Waals surface area contributed by atoms with Gasteiger partial charge in [-0.05, 0) is 56.2 Å². The summed E-state index contributed by atoms with van der Waals surface area (Å²) in [4.78, 5) is 29.5. The smallest absolute Gasteiger partial charge is 0.277 e. The van der Waals surface area contributed by atoms with Gasteiger partial charge in [0.05, 0.1) is 11.2 Å². The van der Waals surface area contributed by atoms with Crippen LogP contribution < -0.4 is 15.7 Å². The van der Waals surface area contributed by atoms with Crippen molar-refractivity contribution in [2.45, 2.75) is 20.8 Å². The molecule has 32 heavy (non-hydrogen) atoms. The van der Waals surface area contributed by atoms with Crippen molar-refractivity contribution in [1.29, 1.82) is 0 Å². The van der Waals surface area contributed by atoms with Crippen molar-refractivity contribution in [3.63, 3.8) is 0 Å². The standard InChI is InChI=1S/C24H27N4O4/c1-15-5-8-20-19(13-15)21(22(28(31)32)24(30)25(20)4)26-9-11-27(12-10-26)23(29)18-7-6-16(2)17(3)14-18/h5-8,13-14,31H,9-12H2,1-4H3/q-1. The fourth-order valence-electron chi connectivity index (χ4n) is 4.31. The zero-order chi connectivity index (χ0) is 23.2. The molecule has 8 heteroatoms. The Kier molecular flexibility index (Phi) is 5.66. The van der Waals surface area contributed by atoms with Gasteiger partial charge in [0.1, 0.15) is 5.69 Å². The van der Waals surface area contributed by atoms with E-state index in [9.17, 15) is 20.0 Å². The molecule has 1 N–H and O–H groups in total. The first-order chi connectivity index (χ1) is 15.2. The molecule has 1 saturated heterocycles. The molecule has 168 valence electrons. The monoisotopic (exact) mass is 435 g/mol. The minimum atomic E-state index is -0.567. The van der Waals surface area contributed by atoms with Crippen molar-refractivity contribution in [3.8, 4) is 0 Å². The summed E-state index contributed by atoms with van der Waals surface area (Å²) in [5.74, 6) is -0.0368. The number of amides is 1. The summed E-state index contributed by atoms with van der Waals surface area (Å²) in [6.07, 6.45) is 0. The molecule has 1 aliphatic heterocycles. The molecule has 0 atom stereocenters. The van der Waals surface area contributed by atoms with E-state index in [1.54, 1.807) is 11.9 Å². The van der Waals surface area contributed by atoms with Gasteiger partial charge in [-0.3, -0.25) is 14.8 Å². The molecule has 8 nitrogen and oxygen atoms in total. The maximum Gasteiger partial charge on any atom is 0.277 e. The molecule has 3 aromatic rings. The second kappa shape index (κ2) is 8.29. The molecular formula is C24H27N4O4-. The molecule has 2 heterocycles. The van der Waals surface area contributed by atoms with Crippen molar-refractivity contribution < 1.29 is 10.0 Å². The van der Waals surface area contributed by atoms with Crippen LogP contribution in [0.4, 0.5) is 11.4 Å².